The summed E-state index contributed by atoms with van der Waals surface area (Å²) in [5.41, 5.74) is 8.79. The van der Waals surface area contributed by atoms with Gasteiger partial charge in [0.15, 0.2) is 0 Å². The van der Waals surface area contributed by atoms with Crippen LogP contribution in [-0.4, -0.2) is 16.7 Å². The van der Waals surface area contributed by atoms with Gasteiger partial charge >= 0.3 is 0 Å². The molecule has 0 aliphatic carbocycles. The van der Waals surface area contributed by atoms with E-state index in [1.807, 2.05) is 12.1 Å². The van der Waals surface area contributed by atoms with Crippen LogP contribution in [0.5, 0.6) is 0 Å². The lowest BCUT2D eigenvalue weighted by Gasteiger charge is -2.04. The Labute approximate surface area is 120 Å². The van der Waals surface area contributed by atoms with Crippen molar-refractivity contribution in [2.75, 3.05) is 11.9 Å². The fraction of sp³-hybridized carbons (Fsp3) is 0.286. The van der Waals surface area contributed by atoms with Crippen molar-refractivity contribution >= 4 is 27.2 Å². The van der Waals surface area contributed by atoms with E-state index in [1.165, 1.54) is 10.4 Å². The van der Waals surface area contributed by atoms with Gasteiger partial charge in [0.2, 0.25) is 0 Å². The van der Waals surface area contributed by atoms with Crippen molar-refractivity contribution in [1.82, 2.24) is 10.2 Å². The van der Waals surface area contributed by atoms with Crippen LogP contribution in [-0.2, 0) is 13.0 Å². The quantitative estimate of drug-likeness (QED) is 0.755. The second kappa shape index (κ2) is 5.60. The third kappa shape index (κ3) is 2.39. The van der Waals surface area contributed by atoms with Crippen LogP contribution in [0, 0.1) is 6.92 Å². The molecule has 0 saturated heterocycles. The number of fused-ring (bicyclic) bond motifs is 1. The largest absolute Gasteiger partial charge is 0.467 e. The smallest absolute Gasteiger partial charge is 0.122 e. The summed E-state index contributed by atoms with van der Waals surface area (Å²) < 4.78 is 6.46. The van der Waals surface area contributed by atoms with E-state index >= 15 is 0 Å². The van der Waals surface area contributed by atoms with E-state index in [0.717, 1.165) is 28.1 Å². The molecule has 0 atom stereocenters. The summed E-state index contributed by atoms with van der Waals surface area (Å²) in [6.07, 6.45) is 4.31. The second-order valence-corrected chi connectivity index (χ2v) is 5.66. The van der Waals surface area contributed by atoms with Gasteiger partial charge in [0.05, 0.1) is 29.4 Å². The first-order chi connectivity index (χ1) is 9.79. The summed E-state index contributed by atoms with van der Waals surface area (Å²) in [6.45, 7) is 3.36. The van der Waals surface area contributed by atoms with E-state index in [9.17, 15) is 0 Å². The lowest BCUT2D eigenvalue weighted by Crippen LogP contribution is -2.01. The molecule has 0 amide bonds. The van der Waals surface area contributed by atoms with Crippen molar-refractivity contribution < 1.29 is 4.42 Å². The summed E-state index contributed by atoms with van der Waals surface area (Å²) in [7, 11) is 0. The van der Waals surface area contributed by atoms with Crippen molar-refractivity contribution in [3.05, 3.63) is 40.8 Å². The Morgan fingerprint density at radius 3 is 3.10 bits per heavy atom. The molecule has 0 saturated carbocycles. The first-order valence-electron chi connectivity index (χ1n) is 6.49. The zero-order valence-corrected chi connectivity index (χ0v) is 12.0. The second-order valence-electron chi connectivity index (χ2n) is 4.56. The summed E-state index contributed by atoms with van der Waals surface area (Å²) in [5.74, 6) is 0.894. The highest BCUT2D eigenvalue weighted by Gasteiger charge is 2.13. The van der Waals surface area contributed by atoms with Crippen molar-refractivity contribution in [3.8, 4) is 0 Å². The zero-order chi connectivity index (χ0) is 13.9. The van der Waals surface area contributed by atoms with Crippen LogP contribution < -0.4 is 11.1 Å². The highest BCUT2D eigenvalue weighted by Crippen LogP contribution is 2.34. The molecular formula is C14H16N4OS. The van der Waals surface area contributed by atoms with E-state index in [2.05, 4.69) is 22.4 Å². The van der Waals surface area contributed by atoms with Crippen LogP contribution in [0.4, 0.5) is 5.69 Å². The van der Waals surface area contributed by atoms with Crippen LogP contribution >= 0.6 is 11.3 Å². The van der Waals surface area contributed by atoms with Gasteiger partial charge in [0.1, 0.15) is 11.3 Å². The molecule has 0 fully saturated rings. The van der Waals surface area contributed by atoms with E-state index in [-0.39, 0.29) is 0 Å². The number of hydrogen-bond donors (Lipinski definition) is 2. The van der Waals surface area contributed by atoms with Gasteiger partial charge < -0.3 is 15.5 Å². The SMILES string of the molecule is Cc1c(CCN)sc2c(NCc3ccco3)cnnc12. The Morgan fingerprint density at radius 2 is 2.35 bits per heavy atom. The fourth-order valence-corrected chi connectivity index (χ4v) is 3.39. The molecule has 3 heterocycles. The highest BCUT2D eigenvalue weighted by molar-refractivity contribution is 7.19. The maximum atomic E-state index is 5.65. The molecule has 20 heavy (non-hydrogen) atoms. The third-order valence-electron chi connectivity index (χ3n) is 3.21. The van der Waals surface area contributed by atoms with Crippen molar-refractivity contribution in [1.29, 1.82) is 0 Å². The maximum Gasteiger partial charge on any atom is 0.122 e. The number of furan rings is 1. The number of nitrogens with zero attached hydrogens (tertiary/aromatic N) is 2. The number of nitrogens with one attached hydrogen (secondary N) is 1. The predicted octanol–water partition coefficient (Wildman–Crippen LogP) is 2.71. The summed E-state index contributed by atoms with van der Waals surface area (Å²) >= 11 is 1.74. The molecule has 0 radical (unpaired) electrons. The molecule has 0 spiro atoms. The number of aryl methyl sites for hydroxylation is 1. The molecule has 0 bridgehead atoms. The Balaban J connectivity index is 1.92. The number of nitrogens with two attached hydrogens (primary N) is 1. The van der Waals surface area contributed by atoms with E-state index in [0.29, 0.717) is 13.1 Å². The number of hydrogen-bond acceptors (Lipinski definition) is 6. The fourth-order valence-electron chi connectivity index (χ4n) is 2.15. The number of thiophene rings is 1. The first kappa shape index (κ1) is 13.1. The monoisotopic (exact) mass is 288 g/mol. The van der Waals surface area contributed by atoms with Gasteiger partial charge in [-0.1, -0.05) is 0 Å². The molecule has 3 aromatic rings. The predicted molar refractivity (Wildman–Crippen MR) is 80.9 cm³/mol. The normalized spacial score (nSPS) is 11.1. The van der Waals surface area contributed by atoms with Gasteiger partial charge in [0.25, 0.3) is 0 Å². The average Bonchev–Trinajstić information content (AvgIpc) is 3.07. The van der Waals surface area contributed by atoms with Gasteiger partial charge in [-0.15, -0.1) is 16.4 Å². The summed E-state index contributed by atoms with van der Waals surface area (Å²) in [4.78, 5) is 1.28. The van der Waals surface area contributed by atoms with Crippen LogP contribution in [0.3, 0.4) is 0 Å². The molecule has 0 aliphatic heterocycles. The third-order valence-corrected chi connectivity index (χ3v) is 4.58. The van der Waals surface area contributed by atoms with Gasteiger partial charge in [-0.2, -0.15) is 5.10 Å². The molecule has 5 nitrogen and oxygen atoms in total. The van der Waals surface area contributed by atoms with Crippen LogP contribution in [0.1, 0.15) is 16.2 Å². The lowest BCUT2D eigenvalue weighted by atomic mass is 10.2. The highest BCUT2D eigenvalue weighted by atomic mass is 32.1. The summed E-state index contributed by atoms with van der Waals surface area (Å²) in [6, 6.07) is 3.82. The summed E-state index contributed by atoms with van der Waals surface area (Å²) in [5, 5.41) is 11.7. The molecule has 3 aromatic heterocycles. The number of aromatic nitrogens is 2. The molecule has 0 unspecified atom stereocenters. The van der Waals surface area contributed by atoms with Crippen molar-refractivity contribution in [2.24, 2.45) is 5.73 Å². The Hall–Kier alpha value is -1.92. The van der Waals surface area contributed by atoms with Crippen LogP contribution in [0.2, 0.25) is 0 Å². The Bertz CT molecular complexity index is 705. The van der Waals surface area contributed by atoms with Crippen molar-refractivity contribution in [3.63, 3.8) is 0 Å². The molecule has 0 aromatic carbocycles. The van der Waals surface area contributed by atoms with Crippen molar-refractivity contribution in [2.45, 2.75) is 19.9 Å². The van der Waals surface area contributed by atoms with E-state index in [1.54, 1.807) is 23.8 Å². The molecule has 104 valence electrons. The maximum absolute atomic E-state index is 5.65. The number of anilines is 1. The topological polar surface area (TPSA) is 77.0 Å². The number of rotatable bonds is 5. The van der Waals surface area contributed by atoms with E-state index in [4.69, 9.17) is 10.2 Å². The van der Waals surface area contributed by atoms with Crippen LogP contribution in [0.25, 0.3) is 10.2 Å². The zero-order valence-electron chi connectivity index (χ0n) is 11.2. The molecule has 3 N–H and O–H groups in total. The van der Waals surface area contributed by atoms with Gasteiger partial charge in [-0.3, -0.25) is 0 Å². The minimum atomic E-state index is 0.636. The van der Waals surface area contributed by atoms with E-state index < -0.39 is 0 Å². The average molecular weight is 288 g/mol. The molecule has 3 rings (SSSR count). The van der Waals surface area contributed by atoms with Crippen LogP contribution in [0.15, 0.2) is 29.0 Å². The standard InChI is InChI=1S/C14H16N4OS/c1-9-12(4-5-15)20-14-11(8-17-18-13(9)14)16-7-10-3-2-6-19-10/h2-3,6,8H,4-5,7,15H2,1H3,(H,16,18). The molecular weight excluding hydrogens is 272 g/mol. The molecule has 0 aliphatic rings. The minimum Gasteiger partial charge on any atom is -0.467 e. The Kier molecular flexibility index (Phi) is 3.66. The Morgan fingerprint density at radius 1 is 1.45 bits per heavy atom. The van der Waals surface area contributed by atoms with Gasteiger partial charge in [-0.25, -0.2) is 0 Å². The lowest BCUT2D eigenvalue weighted by molar-refractivity contribution is 0.518. The first-order valence-corrected chi connectivity index (χ1v) is 7.31. The molecule has 6 heteroatoms. The minimum absolute atomic E-state index is 0.636. The van der Waals surface area contributed by atoms with Gasteiger partial charge in [0, 0.05) is 4.88 Å². The van der Waals surface area contributed by atoms with Gasteiger partial charge in [-0.05, 0) is 37.6 Å².